The number of aromatic nitrogens is 5. The van der Waals surface area contributed by atoms with Crippen molar-refractivity contribution in [2.24, 2.45) is 14.1 Å². The van der Waals surface area contributed by atoms with E-state index in [-0.39, 0.29) is 45.6 Å². The van der Waals surface area contributed by atoms with Crippen LogP contribution in [0.25, 0.3) is 33.4 Å². The van der Waals surface area contributed by atoms with Gasteiger partial charge < -0.3 is 34.0 Å². The van der Waals surface area contributed by atoms with Crippen LogP contribution in [0.4, 0.5) is 8.78 Å². The van der Waals surface area contributed by atoms with Crippen molar-refractivity contribution in [2.75, 3.05) is 20.2 Å². The standard InChI is InChI=1S/C30H31ClN3O2.C9H7F2N4O2.Mn/c1-19-7-3-4-8-21(19)22-9-5-10-23(28(22)31)24-17-20-12-13-25(27(20)29(32-24)36-2)34-16-15-30(18-34)14-6-11-26(35)33-30;1-14-7-4(8(16)15(2)9(14)17)3-12-6(13-7)5(10)11;/h3-5,8-10,17,25H,6,11-16,18H2,1-2H3,(H,33,35);5H,1-2H3;/q2*-1;+2/t25-,30-;;/m0../s1. The average molecular weight is 797 g/mol. The Morgan fingerprint density at radius 1 is 1.04 bits per heavy atom. The van der Waals surface area contributed by atoms with Crippen LogP contribution in [0.5, 0.6) is 5.88 Å². The van der Waals surface area contributed by atoms with E-state index in [1.165, 1.54) is 25.2 Å². The second-order valence-corrected chi connectivity index (χ2v) is 14.2. The van der Waals surface area contributed by atoms with E-state index in [1.54, 1.807) is 7.11 Å². The predicted octanol–water partition coefficient (Wildman–Crippen LogP) is 5.68. The molecule has 0 unspecified atom stereocenters. The minimum absolute atomic E-state index is 0. The zero-order chi connectivity index (χ0) is 37.6. The molecule has 5 aromatic rings. The summed E-state index contributed by atoms with van der Waals surface area (Å²) >= 11 is 6.99. The number of amides is 1. The summed E-state index contributed by atoms with van der Waals surface area (Å²) in [6.45, 7) is 3.93. The summed E-state index contributed by atoms with van der Waals surface area (Å²) in [7, 11) is 4.31. The van der Waals surface area contributed by atoms with Crippen LogP contribution in [0.15, 0.2) is 52.1 Å². The van der Waals surface area contributed by atoms with Gasteiger partial charge in [0.15, 0.2) is 5.56 Å². The number of fused-ring (bicyclic) bond motifs is 2. The Balaban J connectivity index is 0.000000233. The number of rotatable bonds is 5. The fourth-order valence-electron chi connectivity index (χ4n) is 7.88. The number of nitrogens with one attached hydrogen (secondary N) is 1. The third kappa shape index (κ3) is 7.20. The molecule has 1 radical (unpaired) electrons. The van der Waals surface area contributed by atoms with Gasteiger partial charge in [-0.05, 0) is 55.3 Å². The van der Waals surface area contributed by atoms with Gasteiger partial charge in [0.1, 0.15) is 5.82 Å². The fourth-order valence-corrected chi connectivity index (χ4v) is 8.21. The van der Waals surface area contributed by atoms with Crippen LogP contribution in [-0.2, 0) is 42.4 Å². The molecule has 11 nitrogen and oxygen atoms in total. The molecular weight excluding hydrogens is 759 g/mol. The number of carbonyl (C=O) groups is 1. The van der Waals surface area contributed by atoms with Crippen LogP contribution in [0.1, 0.15) is 67.1 Å². The van der Waals surface area contributed by atoms with E-state index >= 15 is 0 Å². The molecule has 5 heterocycles. The molecule has 1 aliphatic carbocycles. The topological polar surface area (TPSA) is 124 Å². The fraction of sp³-hybridized carbons (Fsp3) is 0.385. The van der Waals surface area contributed by atoms with E-state index in [0.717, 1.165) is 82.3 Å². The number of likely N-dealkylation sites (tertiary alicyclic amines) is 1. The molecule has 0 saturated carbocycles. The molecule has 1 spiro atoms. The Morgan fingerprint density at radius 2 is 1.80 bits per heavy atom. The van der Waals surface area contributed by atoms with Gasteiger partial charge in [-0.1, -0.05) is 42.3 Å². The number of ether oxygens (including phenoxy) is 1. The monoisotopic (exact) mass is 796 g/mol. The molecule has 2 fully saturated rings. The minimum atomic E-state index is -2.88. The van der Waals surface area contributed by atoms with Gasteiger partial charge in [0.05, 0.1) is 24.0 Å². The number of pyridine rings is 1. The molecule has 54 heavy (non-hydrogen) atoms. The van der Waals surface area contributed by atoms with Crippen LogP contribution in [0.2, 0.25) is 5.02 Å². The van der Waals surface area contributed by atoms with Gasteiger partial charge in [-0.25, -0.2) is 18.6 Å². The van der Waals surface area contributed by atoms with Crippen LogP contribution in [0, 0.1) is 19.2 Å². The van der Waals surface area contributed by atoms with Gasteiger partial charge in [0.25, 0.3) is 6.43 Å². The second kappa shape index (κ2) is 15.7. The molecule has 1 N–H and O–H groups in total. The van der Waals surface area contributed by atoms with Crippen LogP contribution in [0.3, 0.4) is 0 Å². The second-order valence-electron chi connectivity index (χ2n) is 13.8. The molecule has 15 heteroatoms. The van der Waals surface area contributed by atoms with Crippen LogP contribution in [-0.4, -0.2) is 60.6 Å². The third-order valence-corrected chi connectivity index (χ3v) is 11.0. The predicted molar refractivity (Wildman–Crippen MR) is 196 cm³/mol. The Hall–Kier alpha value is -4.49. The number of nitrogens with zero attached hydrogens (tertiary/aromatic N) is 6. The van der Waals surface area contributed by atoms with Gasteiger partial charge in [0.2, 0.25) is 11.8 Å². The maximum Gasteiger partial charge on any atom is 2.00 e. The number of carbonyl (C=O) groups excluding carboxylic acids is 1. The Kier molecular flexibility index (Phi) is 11.4. The molecule has 2 saturated heterocycles. The molecule has 8 rings (SSSR count). The van der Waals surface area contributed by atoms with Crippen molar-refractivity contribution in [1.82, 2.24) is 34.3 Å². The molecule has 2 atom stereocenters. The van der Waals surface area contributed by atoms with E-state index < -0.39 is 23.5 Å². The first-order valence-electron chi connectivity index (χ1n) is 17.4. The molecular formula is C39H38ClF2MnN7O4. The van der Waals surface area contributed by atoms with Crippen LogP contribution < -0.4 is 21.3 Å². The van der Waals surface area contributed by atoms with E-state index in [1.807, 2.05) is 24.3 Å². The Bertz CT molecular complexity index is 2370. The van der Waals surface area contributed by atoms with Crippen LogP contribution >= 0.6 is 11.6 Å². The number of aryl methyl sites for hydroxylation is 3. The zero-order valence-electron chi connectivity index (χ0n) is 30.2. The number of benzene rings is 2. The quantitative estimate of drug-likeness (QED) is 0.178. The van der Waals surface area contributed by atoms with Crippen molar-refractivity contribution in [3.8, 4) is 28.3 Å². The third-order valence-electron chi connectivity index (χ3n) is 10.6. The molecule has 0 bridgehead atoms. The van der Waals surface area contributed by atoms with Crippen molar-refractivity contribution < 1.29 is 35.4 Å². The van der Waals surface area contributed by atoms with Crippen molar-refractivity contribution in [3.05, 3.63) is 103 Å². The van der Waals surface area contributed by atoms with Crippen molar-refractivity contribution >= 4 is 28.5 Å². The summed E-state index contributed by atoms with van der Waals surface area (Å²) in [6, 6.07) is 17.8. The first kappa shape index (κ1) is 39.2. The Labute approximate surface area is 326 Å². The van der Waals surface area contributed by atoms with Crippen molar-refractivity contribution in [2.45, 2.75) is 63.5 Å². The summed E-state index contributed by atoms with van der Waals surface area (Å²) in [5, 5.41) is 3.91. The van der Waals surface area contributed by atoms with E-state index in [0.29, 0.717) is 17.3 Å². The SMILES string of the molecule is COc1nc(-c2cccc(-c3ccc[c-]c3C)c2Cl)cc2c1[C@@H](N1CC[C@@]3(CCCC(=O)N3)C1)CC2.Cn1c(=O)c2[c-]nc(C(F)F)nc2n(C)c1=O.[Mn+2]. The van der Waals surface area contributed by atoms with E-state index in [9.17, 15) is 23.2 Å². The smallest absolute Gasteiger partial charge is 0.481 e. The first-order valence-corrected chi connectivity index (χ1v) is 17.8. The maximum atomic E-state index is 12.4. The van der Waals surface area contributed by atoms with E-state index in [2.05, 4.69) is 57.6 Å². The number of hydrogen-bond donors (Lipinski definition) is 1. The maximum absolute atomic E-state index is 12.4. The molecule has 3 aliphatic rings. The Morgan fingerprint density at radius 3 is 2.52 bits per heavy atom. The van der Waals surface area contributed by atoms with Crippen molar-refractivity contribution in [3.63, 3.8) is 0 Å². The molecule has 1 amide bonds. The minimum Gasteiger partial charge on any atom is -0.481 e. The molecule has 2 aromatic carbocycles. The first-order chi connectivity index (χ1) is 25.4. The zero-order valence-corrected chi connectivity index (χ0v) is 32.1. The van der Waals surface area contributed by atoms with Crippen molar-refractivity contribution in [1.29, 1.82) is 0 Å². The summed E-state index contributed by atoms with van der Waals surface area (Å²) < 4.78 is 32.5. The van der Waals surface area contributed by atoms with E-state index in [4.69, 9.17) is 21.3 Å². The van der Waals surface area contributed by atoms with Gasteiger partial charge in [0, 0.05) is 55.8 Å². The number of methoxy groups -OCH3 is 1. The number of alkyl halides is 2. The summed E-state index contributed by atoms with van der Waals surface area (Å²) in [6.07, 6.45) is 5.04. The van der Waals surface area contributed by atoms with Gasteiger partial charge in [-0.2, -0.15) is 29.8 Å². The van der Waals surface area contributed by atoms with Gasteiger partial charge >= 0.3 is 22.8 Å². The van der Waals surface area contributed by atoms with Gasteiger partial charge in [-0.3, -0.25) is 9.69 Å². The molecule has 281 valence electrons. The summed E-state index contributed by atoms with van der Waals surface area (Å²) in [5.41, 5.74) is 5.83. The number of halogens is 3. The van der Waals surface area contributed by atoms with Gasteiger partial charge in [-0.15, -0.1) is 5.56 Å². The number of piperidine rings is 1. The normalized spacial score (nSPS) is 19.3. The number of hydrogen-bond acceptors (Lipinski definition) is 8. The summed E-state index contributed by atoms with van der Waals surface area (Å²) in [4.78, 5) is 49.6. The average Bonchev–Trinajstić information content (AvgIpc) is 3.77. The molecule has 3 aromatic heterocycles. The summed E-state index contributed by atoms with van der Waals surface area (Å²) in [5.74, 6) is 0.117. The largest absolute Gasteiger partial charge is 2.00 e. The molecule has 2 aliphatic heterocycles.